The summed E-state index contributed by atoms with van der Waals surface area (Å²) in [5.41, 5.74) is 0.679. The molecule has 6 nitrogen and oxygen atoms in total. The SMILES string of the molecule is CCCCCCC(=O)N(CC(=O)N1CC(=O)N(c2cccc(Cl)c2)C1)C1CC1. The minimum absolute atomic E-state index is 0.0363. The zero-order valence-corrected chi connectivity index (χ0v) is 17.2. The van der Waals surface area contributed by atoms with E-state index in [0.29, 0.717) is 17.1 Å². The Labute approximate surface area is 171 Å². The number of carbonyl (C=O) groups is 3. The lowest BCUT2D eigenvalue weighted by Gasteiger charge is -2.25. The van der Waals surface area contributed by atoms with Crippen molar-refractivity contribution in [3.8, 4) is 0 Å². The van der Waals surface area contributed by atoms with E-state index in [-0.39, 0.29) is 43.5 Å². The average Bonchev–Trinajstić information content (AvgIpc) is 3.44. The van der Waals surface area contributed by atoms with E-state index in [9.17, 15) is 14.4 Å². The van der Waals surface area contributed by atoms with Crippen LogP contribution in [0.2, 0.25) is 5.02 Å². The van der Waals surface area contributed by atoms with Gasteiger partial charge in [-0.1, -0.05) is 43.9 Å². The summed E-state index contributed by atoms with van der Waals surface area (Å²) in [6.07, 6.45) is 6.59. The number of amides is 3. The molecule has 2 aliphatic rings. The first-order chi connectivity index (χ1) is 13.5. The fourth-order valence-corrected chi connectivity index (χ4v) is 3.67. The Bertz CT molecular complexity index is 735. The van der Waals surface area contributed by atoms with Gasteiger partial charge in [-0.3, -0.25) is 19.3 Å². The fraction of sp³-hybridized carbons (Fsp3) is 0.571. The van der Waals surface area contributed by atoms with Crippen LogP contribution in [0.1, 0.15) is 51.9 Å². The molecule has 0 bridgehead atoms. The Morgan fingerprint density at radius 2 is 2.00 bits per heavy atom. The highest BCUT2D eigenvalue weighted by Crippen LogP contribution is 2.28. The summed E-state index contributed by atoms with van der Waals surface area (Å²) < 4.78 is 0. The standard InChI is InChI=1S/C21H28ClN3O3/c1-2-3-4-5-9-19(26)24(17-10-11-17)14-20(27)23-13-21(28)25(15-23)18-8-6-7-16(22)12-18/h6-8,12,17H,2-5,9-11,13-15H2,1H3. The van der Waals surface area contributed by atoms with Crippen LogP contribution in [0.25, 0.3) is 0 Å². The lowest BCUT2D eigenvalue weighted by Crippen LogP contribution is -2.43. The number of carbonyl (C=O) groups excluding carboxylic acids is 3. The molecule has 0 radical (unpaired) electrons. The molecule has 1 heterocycles. The Kier molecular flexibility index (Phi) is 6.94. The number of benzene rings is 1. The molecule has 1 aromatic rings. The van der Waals surface area contributed by atoms with Crippen molar-refractivity contribution in [2.45, 2.75) is 57.9 Å². The van der Waals surface area contributed by atoms with Crippen LogP contribution >= 0.6 is 11.6 Å². The second-order valence-electron chi connectivity index (χ2n) is 7.60. The van der Waals surface area contributed by atoms with E-state index >= 15 is 0 Å². The zero-order chi connectivity index (χ0) is 20.1. The van der Waals surface area contributed by atoms with Gasteiger partial charge in [0.25, 0.3) is 0 Å². The van der Waals surface area contributed by atoms with Crippen molar-refractivity contribution in [3.05, 3.63) is 29.3 Å². The topological polar surface area (TPSA) is 60.9 Å². The van der Waals surface area contributed by atoms with Gasteiger partial charge in [0.2, 0.25) is 17.7 Å². The monoisotopic (exact) mass is 405 g/mol. The molecule has 0 spiro atoms. The number of rotatable bonds is 9. The summed E-state index contributed by atoms with van der Waals surface area (Å²) in [6, 6.07) is 7.22. The average molecular weight is 406 g/mol. The van der Waals surface area contributed by atoms with E-state index in [1.165, 1.54) is 4.90 Å². The number of anilines is 1. The van der Waals surface area contributed by atoms with Gasteiger partial charge in [-0.05, 0) is 37.5 Å². The molecule has 3 rings (SSSR count). The molecular weight excluding hydrogens is 378 g/mol. The molecule has 0 aromatic heterocycles. The molecule has 1 saturated heterocycles. The fourth-order valence-electron chi connectivity index (χ4n) is 3.48. The van der Waals surface area contributed by atoms with Crippen LogP contribution in [0.3, 0.4) is 0 Å². The molecule has 7 heteroatoms. The highest BCUT2D eigenvalue weighted by Gasteiger charge is 2.37. The summed E-state index contributed by atoms with van der Waals surface area (Å²) in [4.78, 5) is 42.5. The maximum atomic E-state index is 12.8. The van der Waals surface area contributed by atoms with E-state index in [4.69, 9.17) is 11.6 Å². The van der Waals surface area contributed by atoms with Gasteiger partial charge in [-0.15, -0.1) is 0 Å². The first-order valence-corrected chi connectivity index (χ1v) is 10.5. The van der Waals surface area contributed by atoms with Crippen molar-refractivity contribution >= 4 is 35.0 Å². The second kappa shape index (κ2) is 9.41. The summed E-state index contributed by atoms with van der Waals surface area (Å²) in [5.74, 6) is -0.254. The third-order valence-electron chi connectivity index (χ3n) is 5.27. The lowest BCUT2D eigenvalue weighted by atomic mass is 10.1. The quantitative estimate of drug-likeness (QED) is 0.591. The zero-order valence-electron chi connectivity index (χ0n) is 16.4. The van der Waals surface area contributed by atoms with Gasteiger partial charge in [-0.25, -0.2) is 0 Å². The largest absolute Gasteiger partial charge is 0.330 e. The van der Waals surface area contributed by atoms with Gasteiger partial charge in [0, 0.05) is 23.2 Å². The molecular formula is C21H28ClN3O3. The predicted octanol–water partition coefficient (Wildman–Crippen LogP) is 3.43. The Hall–Kier alpha value is -2.08. The predicted molar refractivity (Wildman–Crippen MR) is 109 cm³/mol. The molecule has 0 N–H and O–H groups in total. The maximum Gasteiger partial charge on any atom is 0.248 e. The first kappa shape index (κ1) is 20.6. The third kappa shape index (κ3) is 5.25. The minimum atomic E-state index is -0.174. The number of halogens is 1. The second-order valence-corrected chi connectivity index (χ2v) is 8.03. The number of hydrogen-bond donors (Lipinski definition) is 0. The van der Waals surface area contributed by atoms with Crippen molar-refractivity contribution in [2.24, 2.45) is 0 Å². The molecule has 1 aliphatic heterocycles. The van der Waals surface area contributed by atoms with Gasteiger partial charge in [0.05, 0.1) is 0 Å². The van der Waals surface area contributed by atoms with E-state index < -0.39 is 0 Å². The summed E-state index contributed by atoms with van der Waals surface area (Å²) in [7, 11) is 0. The molecule has 2 fully saturated rings. The van der Waals surface area contributed by atoms with Crippen LogP contribution in [0.5, 0.6) is 0 Å². The Balaban J connectivity index is 1.57. The van der Waals surface area contributed by atoms with E-state index in [1.54, 1.807) is 34.1 Å². The lowest BCUT2D eigenvalue weighted by molar-refractivity contribution is -0.140. The highest BCUT2D eigenvalue weighted by atomic mass is 35.5. The van der Waals surface area contributed by atoms with Crippen molar-refractivity contribution in [2.75, 3.05) is 24.7 Å². The number of unbranched alkanes of at least 4 members (excludes halogenated alkanes) is 3. The molecule has 0 atom stereocenters. The van der Waals surface area contributed by atoms with Gasteiger partial charge in [0.15, 0.2) is 0 Å². The van der Waals surface area contributed by atoms with E-state index in [1.807, 2.05) is 0 Å². The van der Waals surface area contributed by atoms with Crippen LogP contribution in [0, 0.1) is 0 Å². The normalized spacial score (nSPS) is 16.6. The number of hydrogen-bond acceptors (Lipinski definition) is 3. The van der Waals surface area contributed by atoms with E-state index in [0.717, 1.165) is 38.5 Å². The molecule has 3 amide bonds. The Morgan fingerprint density at radius 1 is 1.21 bits per heavy atom. The molecule has 152 valence electrons. The van der Waals surface area contributed by atoms with Crippen LogP contribution < -0.4 is 4.90 Å². The summed E-state index contributed by atoms with van der Waals surface area (Å²) in [5, 5.41) is 0.545. The third-order valence-corrected chi connectivity index (χ3v) is 5.50. The smallest absolute Gasteiger partial charge is 0.248 e. The van der Waals surface area contributed by atoms with Gasteiger partial charge < -0.3 is 9.80 Å². The minimum Gasteiger partial charge on any atom is -0.330 e. The van der Waals surface area contributed by atoms with Crippen LogP contribution in [-0.2, 0) is 14.4 Å². The molecule has 1 aliphatic carbocycles. The van der Waals surface area contributed by atoms with Crippen LogP contribution in [0.4, 0.5) is 5.69 Å². The first-order valence-electron chi connectivity index (χ1n) is 10.1. The number of nitrogens with zero attached hydrogens (tertiary/aromatic N) is 3. The maximum absolute atomic E-state index is 12.8. The molecule has 1 aromatic carbocycles. The summed E-state index contributed by atoms with van der Waals surface area (Å²) >= 11 is 6.01. The van der Waals surface area contributed by atoms with Gasteiger partial charge in [-0.2, -0.15) is 0 Å². The van der Waals surface area contributed by atoms with Crippen molar-refractivity contribution < 1.29 is 14.4 Å². The van der Waals surface area contributed by atoms with Crippen molar-refractivity contribution in [3.63, 3.8) is 0 Å². The van der Waals surface area contributed by atoms with Crippen molar-refractivity contribution in [1.82, 2.24) is 9.80 Å². The van der Waals surface area contributed by atoms with Crippen LogP contribution in [-0.4, -0.2) is 53.3 Å². The molecule has 1 saturated carbocycles. The highest BCUT2D eigenvalue weighted by molar-refractivity contribution is 6.31. The summed E-state index contributed by atoms with van der Waals surface area (Å²) in [6.45, 7) is 2.44. The Morgan fingerprint density at radius 3 is 2.68 bits per heavy atom. The molecule has 28 heavy (non-hydrogen) atoms. The van der Waals surface area contributed by atoms with Gasteiger partial charge in [0.1, 0.15) is 19.8 Å². The van der Waals surface area contributed by atoms with Gasteiger partial charge >= 0.3 is 0 Å². The van der Waals surface area contributed by atoms with E-state index in [2.05, 4.69) is 6.92 Å². The molecule has 0 unspecified atom stereocenters. The van der Waals surface area contributed by atoms with Crippen molar-refractivity contribution in [1.29, 1.82) is 0 Å². The van der Waals surface area contributed by atoms with Crippen LogP contribution in [0.15, 0.2) is 24.3 Å².